The summed E-state index contributed by atoms with van der Waals surface area (Å²) in [4.78, 5) is 0. The number of aromatic hydroxyl groups is 1. The Hall–Kier alpha value is -1.20. The van der Waals surface area contributed by atoms with Crippen LogP contribution in [0.4, 0.5) is 0 Å². The van der Waals surface area contributed by atoms with E-state index < -0.39 is 8.07 Å². The van der Waals surface area contributed by atoms with Crippen molar-refractivity contribution < 1.29 is 5.11 Å². The second kappa shape index (κ2) is 5.76. The summed E-state index contributed by atoms with van der Waals surface area (Å²) in [5.41, 5.74) is 4.53. The molecule has 0 fully saturated rings. The maximum Gasteiger partial charge on any atom is 0.138 e. The van der Waals surface area contributed by atoms with Crippen LogP contribution in [-0.2, 0) is 0 Å². The van der Waals surface area contributed by atoms with Gasteiger partial charge in [-0.15, -0.1) is 5.54 Å². The SMILES string of the molecule is CC[Si](C#Cc1ccc(O)cc1)(CC)CC. The van der Waals surface area contributed by atoms with E-state index in [-0.39, 0.29) is 0 Å². The lowest BCUT2D eigenvalue weighted by atomic mass is 10.2. The summed E-state index contributed by atoms with van der Waals surface area (Å²) in [7, 11) is -1.34. The zero-order valence-corrected chi connectivity index (χ0v) is 11.4. The fraction of sp³-hybridized carbons (Fsp3) is 0.429. The van der Waals surface area contributed by atoms with Gasteiger partial charge in [0.2, 0.25) is 0 Å². The van der Waals surface area contributed by atoms with Crippen LogP contribution in [0.1, 0.15) is 26.3 Å². The third-order valence-electron chi connectivity index (χ3n) is 3.37. The maximum absolute atomic E-state index is 9.18. The molecule has 16 heavy (non-hydrogen) atoms. The van der Waals surface area contributed by atoms with E-state index in [0.29, 0.717) is 5.75 Å². The molecule has 0 aromatic heterocycles. The fourth-order valence-electron chi connectivity index (χ4n) is 1.76. The standard InChI is InChI=1S/C14H20OSi/c1-4-16(5-2,6-3)12-11-13-7-9-14(15)10-8-13/h7-10,15H,4-6H2,1-3H3. The van der Waals surface area contributed by atoms with E-state index in [9.17, 15) is 5.11 Å². The Kier molecular flexibility index (Phi) is 4.64. The molecule has 0 amide bonds. The molecule has 0 spiro atoms. The molecule has 0 heterocycles. The van der Waals surface area contributed by atoms with Crippen molar-refractivity contribution in [3.63, 3.8) is 0 Å². The van der Waals surface area contributed by atoms with Crippen molar-refractivity contribution >= 4 is 8.07 Å². The predicted octanol–water partition coefficient (Wildman–Crippen LogP) is 3.79. The van der Waals surface area contributed by atoms with Gasteiger partial charge in [0.25, 0.3) is 0 Å². The Balaban J connectivity index is 2.90. The molecule has 0 atom stereocenters. The third kappa shape index (κ3) is 3.14. The minimum absolute atomic E-state index is 0.301. The minimum atomic E-state index is -1.34. The topological polar surface area (TPSA) is 20.2 Å². The molecular formula is C14H20OSi. The number of phenolic OH excluding ortho intramolecular Hbond substituents is 1. The van der Waals surface area contributed by atoms with E-state index in [1.807, 2.05) is 12.1 Å². The zero-order valence-electron chi connectivity index (χ0n) is 10.4. The Labute approximate surface area is 99.5 Å². The number of phenols is 1. The second-order valence-electron chi connectivity index (χ2n) is 4.14. The number of hydrogen-bond donors (Lipinski definition) is 1. The van der Waals surface area contributed by atoms with Crippen molar-refractivity contribution in [1.29, 1.82) is 0 Å². The highest BCUT2D eigenvalue weighted by molar-refractivity contribution is 6.87. The molecule has 0 saturated heterocycles. The second-order valence-corrected chi connectivity index (χ2v) is 9.07. The van der Waals surface area contributed by atoms with E-state index in [0.717, 1.165) is 5.56 Å². The smallest absolute Gasteiger partial charge is 0.138 e. The van der Waals surface area contributed by atoms with Gasteiger partial charge in [0, 0.05) is 5.56 Å². The van der Waals surface area contributed by atoms with Gasteiger partial charge in [-0.1, -0.05) is 26.7 Å². The van der Waals surface area contributed by atoms with E-state index in [4.69, 9.17) is 0 Å². The summed E-state index contributed by atoms with van der Waals surface area (Å²) in [6, 6.07) is 10.8. The van der Waals surface area contributed by atoms with Crippen LogP contribution in [0.3, 0.4) is 0 Å². The Bertz CT molecular complexity index is 371. The summed E-state index contributed by atoms with van der Waals surface area (Å²) in [5.74, 6) is 3.57. The highest BCUT2D eigenvalue weighted by atomic mass is 28.3. The molecule has 1 aromatic rings. The van der Waals surface area contributed by atoms with Gasteiger partial charge in [0.15, 0.2) is 0 Å². The van der Waals surface area contributed by atoms with Gasteiger partial charge >= 0.3 is 0 Å². The largest absolute Gasteiger partial charge is 0.508 e. The summed E-state index contributed by atoms with van der Waals surface area (Å²) < 4.78 is 0. The van der Waals surface area contributed by atoms with Crippen molar-refractivity contribution in [3.05, 3.63) is 29.8 Å². The van der Waals surface area contributed by atoms with Crippen LogP contribution < -0.4 is 0 Å². The summed E-state index contributed by atoms with van der Waals surface area (Å²) in [6.07, 6.45) is 0. The van der Waals surface area contributed by atoms with Gasteiger partial charge in [0.1, 0.15) is 13.8 Å². The van der Waals surface area contributed by atoms with Crippen LogP contribution in [0.2, 0.25) is 18.1 Å². The summed E-state index contributed by atoms with van der Waals surface area (Å²) in [6.45, 7) is 6.76. The summed E-state index contributed by atoms with van der Waals surface area (Å²) >= 11 is 0. The monoisotopic (exact) mass is 232 g/mol. The normalized spacial score (nSPS) is 10.7. The van der Waals surface area contributed by atoms with Crippen LogP contribution >= 0.6 is 0 Å². The van der Waals surface area contributed by atoms with E-state index in [2.05, 4.69) is 32.2 Å². The Morgan fingerprint density at radius 3 is 1.94 bits per heavy atom. The van der Waals surface area contributed by atoms with Gasteiger partial charge in [0.05, 0.1) is 0 Å². The molecule has 86 valence electrons. The first kappa shape index (κ1) is 12.9. The van der Waals surface area contributed by atoms with Gasteiger partial charge in [-0.2, -0.15) is 0 Å². The molecule has 0 saturated carbocycles. The highest BCUT2D eigenvalue weighted by Gasteiger charge is 2.23. The Morgan fingerprint density at radius 1 is 1.00 bits per heavy atom. The van der Waals surface area contributed by atoms with Crippen molar-refractivity contribution in [1.82, 2.24) is 0 Å². The molecule has 0 aliphatic carbocycles. The van der Waals surface area contributed by atoms with Gasteiger partial charge in [-0.3, -0.25) is 0 Å². The molecular weight excluding hydrogens is 212 g/mol. The van der Waals surface area contributed by atoms with Crippen molar-refractivity contribution in [2.45, 2.75) is 38.9 Å². The first-order valence-electron chi connectivity index (χ1n) is 5.98. The lowest BCUT2D eigenvalue weighted by Crippen LogP contribution is -2.29. The Morgan fingerprint density at radius 2 is 1.50 bits per heavy atom. The average Bonchev–Trinajstić information content (AvgIpc) is 2.34. The average molecular weight is 232 g/mol. The molecule has 0 radical (unpaired) electrons. The first-order chi connectivity index (χ1) is 7.65. The number of hydrogen-bond acceptors (Lipinski definition) is 1. The molecule has 0 unspecified atom stereocenters. The van der Waals surface area contributed by atoms with Crippen LogP contribution in [0.5, 0.6) is 5.75 Å². The quantitative estimate of drug-likeness (QED) is 0.621. The molecule has 0 bridgehead atoms. The van der Waals surface area contributed by atoms with E-state index in [1.165, 1.54) is 18.1 Å². The lowest BCUT2D eigenvalue weighted by Gasteiger charge is -2.19. The molecule has 1 nitrogen and oxygen atoms in total. The van der Waals surface area contributed by atoms with Gasteiger partial charge in [-0.05, 0) is 42.4 Å². The number of benzene rings is 1. The van der Waals surface area contributed by atoms with Crippen molar-refractivity contribution in [3.8, 4) is 17.2 Å². The van der Waals surface area contributed by atoms with Crippen LogP contribution in [-0.4, -0.2) is 13.2 Å². The summed E-state index contributed by atoms with van der Waals surface area (Å²) in [5, 5.41) is 9.18. The van der Waals surface area contributed by atoms with Crippen molar-refractivity contribution in [2.75, 3.05) is 0 Å². The maximum atomic E-state index is 9.18. The van der Waals surface area contributed by atoms with Gasteiger partial charge < -0.3 is 5.11 Å². The van der Waals surface area contributed by atoms with E-state index >= 15 is 0 Å². The number of rotatable bonds is 3. The fourth-order valence-corrected chi connectivity index (χ4v) is 4.20. The zero-order chi connectivity index (χ0) is 12.0. The van der Waals surface area contributed by atoms with Crippen LogP contribution in [0.15, 0.2) is 24.3 Å². The van der Waals surface area contributed by atoms with Gasteiger partial charge in [-0.25, -0.2) is 0 Å². The van der Waals surface area contributed by atoms with Crippen LogP contribution in [0, 0.1) is 11.5 Å². The molecule has 1 N–H and O–H groups in total. The molecule has 1 rings (SSSR count). The molecule has 1 aromatic carbocycles. The van der Waals surface area contributed by atoms with Crippen LogP contribution in [0.25, 0.3) is 0 Å². The first-order valence-corrected chi connectivity index (χ1v) is 8.60. The molecule has 2 heteroatoms. The minimum Gasteiger partial charge on any atom is -0.508 e. The van der Waals surface area contributed by atoms with Crippen molar-refractivity contribution in [2.24, 2.45) is 0 Å². The third-order valence-corrected chi connectivity index (χ3v) is 8.09. The predicted molar refractivity (Wildman–Crippen MR) is 72.2 cm³/mol. The van der Waals surface area contributed by atoms with E-state index in [1.54, 1.807) is 12.1 Å². The molecule has 0 aliphatic heterocycles. The highest BCUT2D eigenvalue weighted by Crippen LogP contribution is 2.19. The lowest BCUT2D eigenvalue weighted by molar-refractivity contribution is 0.475. The molecule has 0 aliphatic rings.